The van der Waals surface area contributed by atoms with Crippen LogP contribution in [-0.4, -0.2) is 31.7 Å². The molecule has 164 valence electrons. The summed E-state index contributed by atoms with van der Waals surface area (Å²) in [7, 11) is 0. The molecule has 0 heterocycles. The minimum absolute atomic E-state index is 0.243. The van der Waals surface area contributed by atoms with Crippen LogP contribution in [0.1, 0.15) is 118 Å². The monoisotopic (exact) mass is 383 g/mol. The van der Waals surface area contributed by atoms with E-state index in [0.717, 1.165) is 25.6 Å². The van der Waals surface area contributed by atoms with Gasteiger partial charge in [-0.05, 0) is 32.7 Å². The molecule has 0 fully saturated rings. The SMILES string of the molecule is CC(C)CCCCCCCCCCCCCCCNCC(C)NCC(C)N. The van der Waals surface area contributed by atoms with Crippen molar-refractivity contribution in [3.63, 3.8) is 0 Å². The van der Waals surface area contributed by atoms with Gasteiger partial charge in [0.2, 0.25) is 0 Å². The Kier molecular flexibility index (Phi) is 20.5. The van der Waals surface area contributed by atoms with E-state index in [2.05, 4.69) is 31.4 Å². The lowest BCUT2D eigenvalue weighted by molar-refractivity contribution is 0.474. The lowest BCUT2D eigenvalue weighted by atomic mass is 10.0. The van der Waals surface area contributed by atoms with Gasteiger partial charge in [-0.15, -0.1) is 0 Å². The Labute approximate surface area is 172 Å². The van der Waals surface area contributed by atoms with Gasteiger partial charge < -0.3 is 16.4 Å². The molecule has 27 heavy (non-hydrogen) atoms. The maximum absolute atomic E-state index is 5.76. The molecule has 0 rings (SSSR count). The van der Waals surface area contributed by atoms with Gasteiger partial charge in [-0.2, -0.15) is 0 Å². The molecule has 0 aliphatic heterocycles. The van der Waals surface area contributed by atoms with E-state index < -0.39 is 0 Å². The van der Waals surface area contributed by atoms with Crippen LogP contribution < -0.4 is 16.4 Å². The zero-order chi connectivity index (χ0) is 20.2. The van der Waals surface area contributed by atoms with Crippen molar-refractivity contribution in [2.75, 3.05) is 19.6 Å². The number of nitrogens with one attached hydrogen (secondary N) is 2. The quantitative estimate of drug-likeness (QED) is 0.212. The fourth-order valence-electron chi connectivity index (χ4n) is 3.52. The summed E-state index contributed by atoms with van der Waals surface area (Å²) in [6.07, 6.45) is 20.1. The second kappa shape index (κ2) is 20.6. The third-order valence-electron chi connectivity index (χ3n) is 5.37. The van der Waals surface area contributed by atoms with E-state index in [1.807, 2.05) is 6.92 Å². The Hall–Kier alpha value is -0.120. The number of hydrogen-bond acceptors (Lipinski definition) is 3. The molecule has 0 aromatic heterocycles. The number of hydrogen-bond donors (Lipinski definition) is 3. The first-order valence-corrected chi connectivity index (χ1v) is 12.2. The molecule has 4 N–H and O–H groups in total. The Morgan fingerprint density at radius 1 is 0.593 bits per heavy atom. The molecule has 0 amide bonds. The van der Waals surface area contributed by atoms with Crippen molar-refractivity contribution >= 4 is 0 Å². The van der Waals surface area contributed by atoms with E-state index in [0.29, 0.717) is 6.04 Å². The molecular formula is C24H53N3. The van der Waals surface area contributed by atoms with Crippen LogP contribution >= 0.6 is 0 Å². The van der Waals surface area contributed by atoms with Crippen LogP contribution in [0.5, 0.6) is 0 Å². The first-order chi connectivity index (χ1) is 13.0. The highest BCUT2D eigenvalue weighted by Gasteiger charge is 2.01. The molecule has 0 radical (unpaired) electrons. The third kappa shape index (κ3) is 23.8. The van der Waals surface area contributed by atoms with E-state index in [-0.39, 0.29) is 6.04 Å². The molecule has 0 aliphatic carbocycles. The van der Waals surface area contributed by atoms with Crippen LogP contribution in [0.2, 0.25) is 0 Å². The largest absolute Gasteiger partial charge is 0.327 e. The molecule has 2 atom stereocenters. The summed E-state index contributed by atoms with van der Waals surface area (Å²) in [5.41, 5.74) is 5.76. The zero-order valence-corrected chi connectivity index (χ0v) is 19.3. The fraction of sp³-hybridized carbons (Fsp3) is 1.00. The van der Waals surface area contributed by atoms with Gasteiger partial charge in [-0.25, -0.2) is 0 Å². The highest BCUT2D eigenvalue weighted by atomic mass is 15.0. The van der Waals surface area contributed by atoms with E-state index in [1.54, 1.807) is 0 Å². The van der Waals surface area contributed by atoms with Crippen LogP contribution in [0.4, 0.5) is 0 Å². The maximum atomic E-state index is 5.76. The van der Waals surface area contributed by atoms with Crippen molar-refractivity contribution < 1.29 is 0 Å². The van der Waals surface area contributed by atoms with Gasteiger partial charge in [0.15, 0.2) is 0 Å². The van der Waals surface area contributed by atoms with Gasteiger partial charge >= 0.3 is 0 Å². The molecule has 0 saturated heterocycles. The molecule has 0 aromatic rings. The summed E-state index contributed by atoms with van der Waals surface area (Å²) in [6, 6.07) is 0.753. The Bertz CT molecular complexity index is 279. The van der Waals surface area contributed by atoms with Crippen molar-refractivity contribution in [3.8, 4) is 0 Å². The van der Waals surface area contributed by atoms with Gasteiger partial charge in [-0.1, -0.05) is 97.3 Å². The molecule has 2 unspecified atom stereocenters. The Morgan fingerprint density at radius 2 is 1.04 bits per heavy atom. The number of nitrogens with two attached hydrogens (primary N) is 1. The topological polar surface area (TPSA) is 50.1 Å². The van der Waals surface area contributed by atoms with E-state index >= 15 is 0 Å². The van der Waals surface area contributed by atoms with E-state index in [9.17, 15) is 0 Å². The van der Waals surface area contributed by atoms with Crippen molar-refractivity contribution in [2.45, 2.75) is 130 Å². The molecule has 0 saturated carbocycles. The van der Waals surface area contributed by atoms with Crippen molar-refractivity contribution in [3.05, 3.63) is 0 Å². The first-order valence-electron chi connectivity index (χ1n) is 12.2. The standard InChI is InChI=1S/C24H53N3/c1-22(2)18-16-14-12-10-8-6-5-7-9-11-13-15-17-19-26-21-24(4)27-20-23(3)25/h22-24,26-27H,5-21,25H2,1-4H3. The molecular weight excluding hydrogens is 330 g/mol. The van der Waals surface area contributed by atoms with Crippen molar-refractivity contribution in [2.24, 2.45) is 11.7 Å². The molecule has 3 heteroatoms. The average molecular weight is 384 g/mol. The fourth-order valence-corrected chi connectivity index (χ4v) is 3.52. The first kappa shape index (κ1) is 26.9. The summed E-state index contributed by atoms with van der Waals surface area (Å²) in [6.45, 7) is 12.0. The van der Waals surface area contributed by atoms with Crippen molar-refractivity contribution in [1.82, 2.24) is 10.6 Å². The zero-order valence-electron chi connectivity index (χ0n) is 19.3. The normalized spacial score (nSPS) is 14.0. The second-order valence-electron chi connectivity index (χ2n) is 9.27. The predicted octanol–water partition coefficient (Wildman–Crippen LogP) is 6.02. The van der Waals surface area contributed by atoms with Crippen LogP contribution in [0.15, 0.2) is 0 Å². The van der Waals surface area contributed by atoms with Gasteiger partial charge in [0.1, 0.15) is 0 Å². The van der Waals surface area contributed by atoms with Crippen LogP contribution in [-0.2, 0) is 0 Å². The van der Waals surface area contributed by atoms with E-state index in [1.165, 1.54) is 89.9 Å². The second-order valence-corrected chi connectivity index (χ2v) is 9.27. The lowest BCUT2D eigenvalue weighted by Gasteiger charge is -2.16. The molecule has 0 aromatic carbocycles. The maximum Gasteiger partial charge on any atom is 0.0164 e. The average Bonchev–Trinajstić information content (AvgIpc) is 2.62. The summed E-state index contributed by atoms with van der Waals surface area (Å²) in [5, 5.41) is 7.01. The summed E-state index contributed by atoms with van der Waals surface area (Å²) in [5.74, 6) is 0.887. The number of unbranched alkanes of at least 4 members (excludes halogenated alkanes) is 12. The molecule has 3 nitrogen and oxygen atoms in total. The molecule has 0 bridgehead atoms. The minimum atomic E-state index is 0.243. The molecule has 0 aliphatic rings. The van der Waals surface area contributed by atoms with Crippen LogP contribution in [0.3, 0.4) is 0 Å². The molecule has 0 spiro atoms. The van der Waals surface area contributed by atoms with E-state index in [4.69, 9.17) is 5.73 Å². The highest BCUT2D eigenvalue weighted by Crippen LogP contribution is 2.14. The van der Waals surface area contributed by atoms with Crippen LogP contribution in [0, 0.1) is 5.92 Å². The van der Waals surface area contributed by atoms with Gasteiger partial charge in [-0.3, -0.25) is 0 Å². The van der Waals surface area contributed by atoms with Crippen LogP contribution in [0.25, 0.3) is 0 Å². The third-order valence-corrected chi connectivity index (χ3v) is 5.37. The van der Waals surface area contributed by atoms with Crippen molar-refractivity contribution in [1.29, 1.82) is 0 Å². The Morgan fingerprint density at radius 3 is 1.48 bits per heavy atom. The van der Waals surface area contributed by atoms with Gasteiger partial charge in [0, 0.05) is 25.2 Å². The summed E-state index contributed by atoms with van der Waals surface area (Å²) >= 11 is 0. The Balaban J connectivity index is 3.09. The minimum Gasteiger partial charge on any atom is -0.327 e. The van der Waals surface area contributed by atoms with Gasteiger partial charge in [0.25, 0.3) is 0 Å². The summed E-state index contributed by atoms with van der Waals surface area (Å²) in [4.78, 5) is 0. The lowest BCUT2D eigenvalue weighted by Crippen LogP contribution is -2.41. The van der Waals surface area contributed by atoms with Gasteiger partial charge in [0.05, 0.1) is 0 Å². The highest BCUT2D eigenvalue weighted by molar-refractivity contribution is 4.67. The smallest absolute Gasteiger partial charge is 0.0164 e. The number of rotatable bonds is 21. The summed E-state index contributed by atoms with van der Waals surface area (Å²) < 4.78 is 0. The predicted molar refractivity (Wildman–Crippen MR) is 123 cm³/mol.